The summed E-state index contributed by atoms with van der Waals surface area (Å²) in [6, 6.07) is 0.370. The van der Waals surface area contributed by atoms with Crippen molar-refractivity contribution in [3.8, 4) is 0 Å². The first-order valence-corrected chi connectivity index (χ1v) is 3.77. The number of hydrogen-bond acceptors (Lipinski definition) is 3. The van der Waals surface area contributed by atoms with E-state index in [9.17, 15) is 5.11 Å². The van der Waals surface area contributed by atoms with E-state index in [4.69, 9.17) is 4.74 Å². The van der Waals surface area contributed by atoms with Crippen LogP contribution < -0.4 is 0 Å². The molecule has 0 bridgehead atoms. The summed E-state index contributed by atoms with van der Waals surface area (Å²) in [5.74, 6) is 0. The minimum absolute atomic E-state index is 0.322. The quantitative estimate of drug-likeness (QED) is 0.610. The molecule has 10 heavy (non-hydrogen) atoms. The molecule has 0 aliphatic carbocycles. The molecule has 0 radical (unpaired) electrons. The lowest BCUT2D eigenvalue weighted by Crippen LogP contribution is -2.37. The van der Waals surface area contributed by atoms with Crippen molar-refractivity contribution in [1.29, 1.82) is 0 Å². The maximum Gasteiger partial charge on any atom is 0.109 e. The average Bonchev–Trinajstić information content (AvgIpc) is 2.34. The second-order valence-electron chi connectivity index (χ2n) is 2.75. The Labute approximate surface area is 61.6 Å². The van der Waals surface area contributed by atoms with E-state index in [1.807, 2.05) is 11.8 Å². The molecule has 0 spiro atoms. The second kappa shape index (κ2) is 3.32. The first-order valence-electron chi connectivity index (χ1n) is 3.77. The maximum atomic E-state index is 9.37. The third kappa shape index (κ3) is 1.48. The van der Waals surface area contributed by atoms with Crippen LogP contribution >= 0.6 is 0 Å². The van der Waals surface area contributed by atoms with Gasteiger partial charge in [-0.3, -0.25) is 4.90 Å². The molecule has 1 saturated heterocycles. The smallest absolute Gasteiger partial charge is 0.109 e. The number of aliphatic hydroxyl groups is 1. The third-order valence-corrected chi connectivity index (χ3v) is 1.91. The lowest BCUT2D eigenvalue weighted by atomic mass is 10.3. The standard InChI is InChI=1S/C7H15NO2/c1-3-7(9)8-5-10-4-6(8)2/h6-7,9H,3-5H2,1-2H3. The van der Waals surface area contributed by atoms with E-state index in [-0.39, 0.29) is 6.23 Å². The van der Waals surface area contributed by atoms with E-state index in [0.29, 0.717) is 12.8 Å². The van der Waals surface area contributed by atoms with Crippen LogP contribution in [0.2, 0.25) is 0 Å². The molecule has 0 amide bonds. The number of ether oxygens (including phenoxy) is 1. The molecule has 1 N–H and O–H groups in total. The molecule has 2 atom stereocenters. The molecular formula is C7H15NO2. The Hall–Kier alpha value is -0.120. The molecule has 0 aromatic rings. The van der Waals surface area contributed by atoms with Gasteiger partial charge in [-0.15, -0.1) is 0 Å². The zero-order valence-electron chi connectivity index (χ0n) is 6.58. The van der Waals surface area contributed by atoms with Gasteiger partial charge in [0.05, 0.1) is 6.61 Å². The van der Waals surface area contributed by atoms with E-state index in [1.165, 1.54) is 0 Å². The Kier molecular flexibility index (Phi) is 2.65. The Balaban J connectivity index is 2.38. The van der Waals surface area contributed by atoms with Gasteiger partial charge in [0.15, 0.2) is 0 Å². The lowest BCUT2D eigenvalue weighted by Gasteiger charge is -2.23. The summed E-state index contributed by atoms with van der Waals surface area (Å²) < 4.78 is 5.16. The zero-order chi connectivity index (χ0) is 7.56. The van der Waals surface area contributed by atoms with Crippen molar-refractivity contribution >= 4 is 0 Å². The van der Waals surface area contributed by atoms with Crippen molar-refractivity contribution in [1.82, 2.24) is 4.90 Å². The first-order chi connectivity index (χ1) is 4.75. The van der Waals surface area contributed by atoms with Crippen LogP contribution in [-0.2, 0) is 4.74 Å². The van der Waals surface area contributed by atoms with Gasteiger partial charge in [0, 0.05) is 6.04 Å². The fourth-order valence-electron chi connectivity index (χ4n) is 1.17. The summed E-state index contributed by atoms with van der Waals surface area (Å²) in [6.45, 7) is 5.36. The van der Waals surface area contributed by atoms with E-state index in [0.717, 1.165) is 13.0 Å². The van der Waals surface area contributed by atoms with Gasteiger partial charge >= 0.3 is 0 Å². The van der Waals surface area contributed by atoms with Crippen LogP contribution in [0.1, 0.15) is 20.3 Å². The van der Waals surface area contributed by atoms with Crippen molar-refractivity contribution in [3.63, 3.8) is 0 Å². The SMILES string of the molecule is CCC(O)N1COCC1C. The highest BCUT2D eigenvalue weighted by Gasteiger charge is 2.25. The second-order valence-corrected chi connectivity index (χ2v) is 2.75. The highest BCUT2D eigenvalue weighted by molar-refractivity contribution is 4.70. The monoisotopic (exact) mass is 145 g/mol. The van der Waals surface area contributed by atoms with Crippen molar-refractivity contribution in [3.05, 3.63) is 0 Å². The van der Waals surface area contributed by atoms with Crippen LogP contribution in [0.3, 0.4) is 0 Å². The van der Waals surface area contributed by atoms with Crippen molar-refractivity contribution in [2.24, 2.45) is 0 Å². The van der Waals surface area contributed by atoms with Gasteiger partial charge in [-0.25, -0.2) is 0 Å². The largest absolute Gasteiger partial charge is 0.378 e. The van der Waals surface area contributed by atoms with Crippen molar-refractivity contribution < 1.29 is 9.84 Å². The topological polar surface area (TPSA) is 32.7 Å². The Morgan fingerprint density at radius 1 is 1.80 bits per heavy atom. The molecule has 0 saturated carbocycles. The summed E-state index contributed by atoms with van der Waals surface area (Å²) in [4.78, 5) is 1.96. The predicted molar refractivity (Wildman–Crippen MR) is 38.4 cm³/mol. The molecule has 60 valence electrons. The number of hydrogen-bond donors (Lipinski definition) is 1. The molecule has 3 heteroatoms. The molecular weight excluding hydrogens is 130 g/mol. The molecule has 3 nitrogen and oxygen atoms in total. The highest BCUT2D eigenvalue weighted by Crippen LogP contribution is 2.12. The summed E-state index contributed by atoms with van der Waals surface area (Å²) in [5.41, 5.74) is 0. The number of aliphatic hydroxyl groups excluding tert-OH is 1. The Bertz CT molecular complexity index is 108. The number of nitrogens with zero attached hydrogens (tertiary/aromatic N) is 1. The molecule has 0 aromatic heterocycles. The average molecular weight is 145 g/mol. The van der Waals surface area contributed by atoms with Crippen molar-refractivity contribution in [2.75, 3.05) is 13.3 Å². The third-order valence-electron chi connectivity index (χ3n) is 1.91. The fourth-order valence-corrected chi connectivity index (χ4v) is 1.17. The lowest BCUT2D eigenvalue weighted by molar-refractivity contribution is -0.0232. The Morgan fingerprint density at radius 2 is 2.50 bits per heavy atom. The molecule has 2 unspecified atom stereocenters. The number of rotatable bonds is 2. The summed E-state index contributed by atoms with van der Waals surface area (Å²) in [5, 5.41) is 9.37. The summed E-state index contributed by atoms with van der Waals surface area (Å²) in [7, 11) is 0. The van der Waals surface area contributed by atoms with E-state index in [1.54, 1.807) is 0 Å². The normalized spacial score (nSPS) is 30.9. The molecule has 1 aliphatic rings. The summed E-state index contributed by atoms with van der Waals surface area (Å²) >= 11 is 0. The predicted octanol–water partition coefficient (Wildman–Crippen LogP) is 0.393. The van der Waals surface area contributed by atoms with Crippen LogP contribution in [0.4, 0.5) is 0 Å². The van der Waals surface area contributed by atoms with Gasteiger partial charge in [0.25, 0.3) is 0 Å². The van der Waals surface area contributed by atoms with E-state index < -0.39 is 0 Å². The van der Waals surface area contributed by atoms with Crippen molar-refractivity contribution in [2.45, 2.75) is 32.5 Å². The minimum atomic E-state index is -0.322. The van der Waals surface area contributed by atoms with E-state index in [2.05, 4.69) is 6.92 Å². The van der Waals surface area contributed by atoms with Crippen LogP contribution in [0.15, 0.2) is 0 Å². The molecule has 1 aliphatic heterocycles. The molecule has 0 aromatic carbocycles. The van der Waals surface area contributed by atoms with Crippen LogP contribution in [0.5, 0.6) is 0 Å². The van der Waals surface area contributed by atoms with Crippen LogP contribution in [-0.4, -0.2) is 35.6 Å². The molecule has 1 rings (SSSR count). The van der Waals surface area contributed by atoms with Gasteiger partial charge in [-0.1, -0.05) is 6.92 Å². The van der Waals surface area contributed by atoms with E-state index >= 15 is 0 Å². The summed E-state index contributed by atoms with van der Waals surface area (Å²) in [6.07, 6.45) is 0.450. The van der Waals surface area contributed by atoms with Gasteiger partial charge in [-0.05, 0) is 13.3 Å². The zero-order valence-corrected chi connectivity index (χ0v) is 6.58. The first kappa shape index (κ1) is 7.98. The van der Waals surface area contributed by atoms with Gasteiger partial charge in [-0.2, -0.15) is 0 Å². The minimum Gasteiger partial charge on any atom is -0.378 e. The highest BCUT2D eigenvalue weighted by atomic mass is 16.5. The van der Waals surface area contributed by atoms with Gasteiger partial charge in [0.1, 0.15) is 13.0 Å². The van der Waals surface area contributed by atoms with Crippen LogP contribution in [0, 0.1) is 0 Å². The maximum absolute atomic E-state index is 9.37. The Morgan fingerprint density at radius 3 is 2.90 bits per heavy atom. The van der Waals surface area contributed by atoms with Crippen LogP contribution in [0.25, 0.3) is 0 Å². The molecule has 1 heterocycles. The molecule has 1 fully saturated rings. The van der Waals surface area contributed by atoms with Gasteiger partial charge in [0.2, 0.25) is 0 Å². The fraction of sp³-hybridized carbons (Fsp3) is 1.00. The van der Waals surface area contributed by atoms with Gasteiger partial charge < -0.3 is 9.84 Å².